The number of para-hydroxylation sites is 4. The Morgan fingerprint density at radius 1 is 0.150 bits per heavy atom. The number of rotatable bonds is 10. The summed E-state index contributed by atoms with van der Waals surface area (Å²) in [6, 6.07) is 115. The zero-order valence-electron chi connectivity index (χ0n) is 43.9. The van der Waals surface area contributed by atoms with E-state index in [9.17, 15) is 0 Å². The molecule has 0 saturated heterocycles. The van der Waals surface area contributed by atoms with Crippen LogP contribution in [0.4, 0.5) is 0 Å². The van der Waals surface area contributed by atoms with Crippen molar-refractivity contribution in [2.24, 2.45) is 0 Å². The lowest BCUT2D eigenvalue weighted by Crippen LogP contribution is -1.97. The zero-order chi connectivity index (χ0) is 52.9. The zero-order valence-corrected chi connectivity index (χ0v) is 43.9. The molecule has 0 radical (unpaired) electrons. The highest BCUT2D eigenvalue weighted by Gasteiger charge is 2.19. The quantitative estimate of drug-likeness (QED) is 0.129. The van der Waals surface area contributed by atoms with Gasteiger partial charge in [0.25, 0.3) is 0 Å². The second kappa shape index (κ2) is 19.8. The van der Waals surface area contributed by atoms with Gasteiger partial charge in [0, 0.05) is 32.7 Å². The third kappa shape index (κ3) is 8.30. The van der Waals surface area contributed by atoms with E-state index in [2.05, 4.69) is 325 Å². The van der Waals surface area contributed by atoms with Crippen molar-refractivity contribution >= 4 is 43.6 Å². The Bertz CT molecular complexity index is 4790. The minimum atomic E-state index is 1.15. The van der Waals surface area contributed by atoms with E-state index < -0.39 is 0 Å². The van der Waals surface area contributed by atoms with Crippen molar-refractivity contribution in [3.63, 3.8) is 0 Å². The first-order valence-electron chi connectivity index (χ1n) is 27.6. The molecule has 0 N–H and O–H groups in total. The summed E-state index contributed by atoms with van der Waals surface area (Å²) in [6.45, 7) is 0. The van der Waals surface area contributed by atoms with Gasteiger partial charge in [0.2, 0.25) is 0 Å². The highest BCUT2D eigenvalue weighted by molar-refractivity contribution is 6.13. The third-order valence-corrected chi connectivity index (χ3v) is 16.2. The van der Waals surface area contributed by atoms with Crippen LogP contribution in [0.3, 0.4) is 0 Å². The fourth-order valence-corrected chi connectivity index (χ4v) is 12.2. The predicted molar refractivity (Wildman–Crippen MR) is 339 cm³/mol. The van der Waals surface area contributed by atoms with Crippen LogP contribution >= 0.6 is 0 Å². The highest BCUT2D eigenvalue weighted by Crippen LogP contribution is 2.42. The minimum Gasteiger partial charge on any atom is -0.309 e. The van der Waals surface area contributed by atoms with E-state index in [1.54, 1.807) is 0 Å². The van der Waals surface area contributed by atoms with Crippen LogP contribution in [0.2, 0.25) is 0 Å². The van der Waals surface area contributed by atoms with Crippen molar-refractivity contribution in [3.05, 3.63) is 315 Å². The van der Waals surface area contributed by atoms with Gasteiger partial charge in [-0.2, -0.15) is 0 Å². The molecule has 0 amide bonds. The van der Waals surface area contributed by atoms with E-state index >= 15 is 0 Å². The van der Waals surface area contributed by atoms with E-state index in [0.717, 1.165) is 5.69 Å². The lowest BCUT2D eigenvalue weighted by molar-refractivity contribution is 1.18. The average Bonchev–Trinajstić information content (AvgIpc) is 4.10. The second-order valence-electron chi connectivity index (χ2n) is 20.8. The molecule has 2 aromatic heterocycles. The van der Waals surface area contributed by atoms with Crippen molar-refractivity contribution in [1.29, 1.82) is 0 Å². The second-order valence-corrected chi connectivity index (χ2v) is 20.8. The molecule has 80 heavy (non-hydrogen) atoms. The smallest absolute Gasteiger partial charge is 0.0541 e. The topological polar surface area (TPSA) is 9.86 Å². The van der Waals surface area contributed by atoms with Gasteiger partial charge in [-0.1, -0.05) is 249 Å². The van der Waals surface area contributed by atoms with E-state index in [-0.39, 0.29) is 0 Å². The molecule has 2 heterocycles. The molecule has 15 rings (SSSR count). The predicted octanol–water partition coefficient (Wildman–Crippen LogP) is 21.2. The molecular formula is C78H52N2. The van der Waals surface area contributed by atoms with Crippen molar-refractivity contribution in [2.75, 3.05) is 0 Å². The van der Waals surface area contributed by atoms with Gasteiger partial charge in [0.1, 0.15) is 0 Å². The summed E-state index contributed by atoms with van der Waals surface area (Å²) in [6.07, 6.45) is 0. The van der Waals surface area contributed by atoms with Crippen LogP contribution in [0, 0.1) is 0 Å². The lowest BCUT2D eigenvalue weighted by atomic mass is 9.94. The Morgan fingerprint density at radius 2 is 0.412 bits per heavy atom. The van der Waals surface area contributed by atoms with E-state index in [0.29, 0.717) is 0 Å². The summed E-state index contributed by atoms with van der Waals surface area (Å²) < 4.78 is 4.89. The Kier molecular flexibility index (Phi) is 11.6. The molecule has 15 aromatic rings. The van der Waals surface area contributed by atoms with Gasteiger partial charge < -0.3 is 9.13 Å². The van der Waals surface area contributed by atoms with Gasteiger partial charge in [0.15, 0.2) is 0 Å². The van der Waals surface area contributed by atoms with E-state index in [1.807, 2.05) is 0 Å². The third-order valence-electron chi connectivity index (χ3n) is 16.2. The van der Waals surface area contributed by atoms with Crippen LogP contribution in [-0.2, 0) is 0 Å². The number of benzene rings is 13. The van der Waals surface area contributed by atoms with Gasteiger partial charge in [-0.15, -0.1) is 0 Å². The molecule has 2 nitrogen and oxygen atoms in total. The summed E-state index contributed by atoms with van der Waals surface area (Å²) in [5.41, 5.74) is 26.2. The normalized spacial score (nSPS) is 11.5. The van der Waals surface area contributed by atoms with E-state index in [1.165, 1.54) is 138 Å². The monoisotopic (exact) mass is 1020 g/mol. The molecular weight excluding hydrogens is 965 g/mol. The molecule has 0 saturated carbocycles. The summed E-state index contributed by atoms with van der Waals surface area (Å²) in [4.78, 5) is 0. The van der Waals surface area contributed by atoms with Crippen molar-refractivity contribution < 1.29 is 0 Å². The van der Waals surface area contributed by atoms with Crippen molar-refractivity contribution in [1.82, 2.24) is 9.13 Å². The molecule has 13 aromatic carbocycles. The van der Waals surface area contributed by atoms with Gasteiger partial charge in [0.05, 0.1) is 33.4 Å². The van der Waals surface area contributed by atoms with Crippen LogP contribution < -0.4 is 0 Å². The van der Waals surface area contributed by atoms with Crippen LogP contribution in [0.1, 0.15) is 0 Å². The summed E-state index contributed by atoms with van der Waals surface area (Å²) >= 11 is 0. The summed E-state index contributed by atoms with van der Waals surface area (Å²) in [5, 5.41) is 4.94. The van der Waals surface area contributed by atoms with Crippen molar-refractivity contribution in [3.8, 4) is 100 Å². The lowest BCUT2D eigenvalue weighted by Gasteiger charge is -2.15. The SMILES string of the molecule is c1ccc(-c2cccc(-c3ccc(-c4cccc(-c5cccc(-c6ccc(-c7ccccc7-n7c8ccccc8c8cc(-c9ccc%10c(c9)c9ccccc9n%10-c9ccccc9-c9ccccc9)ccc87)cc6)c5)c4)cc3)c2)cc1. The maximum atomic E-state index is 2.45. The number of hydrogen-bond donors (Lipinski definition) is 0. The number of aromatic nitrogens is 2. The first kappa shape index (κ1) is 46.7. The average molecular weight is 1020 g/mol. The van der Waals surface area contributed by atoms with Crippen LogP contribution in [0.15, 0.2) is 315 Å². The summed E-state index contributed by atoms with van der Waals surface area (Å²) in [7, 11) is 0. The Morgan fingerprint density at radius 3 is 0.838 bits per heavy atom. The molecule has 0 spiro atoms. The number of fused-ring (bicyclic) bond motifs is 6. The molecule has 0 unspecified atom stereocenters. The fourth-order valence-electron chi connectivity index (χ4n) is 12.2. The standard InChI is InChI=1S/C78H52N2/c1-3-18-53(19-4-1)59-22-15-23-60(48-59)54-36-38-55(39-37-54)61-24-16-26-63(49-61)64-27-17-25-62(50-64)56-40-42-58(43-41-56)68-29-8-12-33-74(68)80-76-35-14-10-31-70(76)72-52-66(45-47-78(72)80)65-44-46-77-71(51-65)69-30-9-13-34-75(69)79(77)73-32-11-7-28-67(73)57-20-5-2-6-21-57/h1-52H. The first-order valence-corrected chi connectivity index (χ1v) is 27.6. The van der Waals surface area contributed by atoms with Crippen molar-refractivity contribution in [2.45, 2.75) is 0 Å². The van der Waals surface area contributed by atoms with Gasteiger partial charge in [-0.3, -0.25) is 0 Å². The number of hydrogen-bond acceptors (Lipinski definition) is 0. The molecule has 0 aliphatic rings. The Hall–Kier alpha value is -10.5. The van der Waals surface area contributed by atoms with Crippen LogP contribution in [-0.4, -0.2) is 9.13 Å². The molecule has 0 bridgehead atoms. The largest absolute Gasteiger partial charge is 0.309 e. The molecule has 2 heteroatoms. The van der Waals surface area contributed by atoms with Gasteiger partial charge in [-0.25, -0.2) is 0 Å². The Balaban J connectivity index is 0.728. The summed E-state index contributed by atoms with van der Waals surface area (Å²) in [5.74, 6) is 0. The molecule has 0 aliphatic heterocycles. The Labute approximate surface area is 466 Å². The molecule has 374 valence electrons. The maximum Gasteiger partial charge on any atom is 0.0541 e. The molecule has 0 fully saturated rings. The minimum absolute atomic E-state index is 1.15. The maximum absolute atomic E-state index is 2.45. The molecule has 0 aliphatic carbocycles. The van der Waals surface area contributed by atoms with Gasteiger partial charge >= 0.3 is 0 Å². The highest BCUT2D eigenvalue weighted by atomic mass is 15.0. The van der Waals surface area contributed by atoms with Crippen LogP contribution in [0.25, 0.3) is 144 Å². The first-order chi connectivity index (χ1) is 39.7. The number of nitrogens with zero attached hydrogens (tertiary/aromatic N) is 2. The van der Waals surface area contributed by atoms with Gasteiger partial charge in [-0.05, 0) is 145 Å². The fraction of sp³-hybridized carbons (Fsp3) is 0. The van der Waals surface area contributed by atoms with E-state index in [4.69, 9.17) is 0 Å². The van der Waals surface area contributed by atoms with Crippen LogP contribution in [0.5, 0.6) is 0 Å². The molecule has 0 atom stereocenters.